The minimum atomic E-state index is -4.45. The van der Waals surface area contributed by atoms with Gasteiger partial charge in [-0.3, -0.25) is 14.5 Å². The first-order valence-electron chi connectivity index (χ1n) is 9.43. The summed E-state index contributed by atoms with van der Waals surface area (Å²) in [6.07, 6.45) is -4.45. The summed E-state index contributed by atoms with van der Waals surface area (Å²) in [5.41, 5.74) is -0.490. The summed E-state index contributed by atoms with van der Waals surface area (Å²) in [5, 5.41) is 5.05. The van der Waals surface area contributed by atoms with Crippen LogP contribution in [0.1, 0.15) is 18.1 Å². The van der Waals surface area contributed by atoms with Crippen molar-refractivity contribution in [2.24, 2.45) is 0 Å². The molecule has 0 saturated carbocycles. The summed E-state index contributed by atoms with van der Waals surface area (Å²) in [7, 11) is 0. The summed E-state index contributed by atoms with van der Waals surface area (Å²) in [6.45, 7) is -0.460. The topological polar surface area (TPSA) is 87.7 Å². The first-order chi connectivity index (χ1) is 15.0. The molecule has 1 aliphatic rings. The molecule has 1 unspecified atom stereocenters. The number of ether oxygens (including phenoxy) is 1. The summed E-state index contributed by atoms with van der Waals surface area (Å²) in [6, 6.07) is 9.93. The minimum absolute atomic E-state index is 0.0248. The quantitative estimate of drug-likeness (QED) is 0.499. The molecule has 11 heteroatoms. The second kappa shape index (κ2) is 8.85. The van der Waals surface area contributed by atoms with E-state index in [0.29, 0.717) is 11.1 Å². The molecule has 3 rings (SSSR count). The summed E-state index contributed by atoms with van der Waals surface area (Å²) in [5.74, 6) is -1.74. The van der Waals surface area contributed by atoms with Crippen molar-refractivity contribution in [3.8, 4) is 5.75 Å². The molecule has 32 heavy (non-hydrogen) atoms. The van der Waals surface area contributed by atoms with Crippen LogP contribution in [0.25, 0.3) is 0 Å². The van der Waals surface area contributed by atoms with Gasteiger partial charge in [0.25, 0.3) is 5.91 Å². The predicted molar refractivity (Wildman–Crippen MR) is 104 cm³/mol. The SMILES string of the molecule is CC1(c2ccc(F)cc2)NC(=O)N(CC(=O)NCc2ccc(OCC(F)(F)F)cc2)C1=O. The van der Waals surface area contributed by atoms with Gasteiger partial charge < -0.3 is 15.4 Å². The first-order valence-corrected chi connectivity index (χ1v) is 9.43. The molecule has 1 atom stereocenters. The molecule has 2 N–H and O–H groups in total. The minimum Gasteiger partial charge on any atom is -0.484 e. The second-order valence-corrected chi connectivity index (χ2v) is 7.28. The molecule has 1 fully saturated rings. The molecule has 0 aliphatic carbocycles. The molecule has 7 nitrogen and oxygen atoms in total. The van der Waals surface area contributed by atoms with Crippen molar-refractivity contribution in [3.63, 3.8) is 0 Å². The molecule has 0 aromatic heterocycles. The highest BCUT2D eigenvalue weighted by Crippen LogP contribution is 2.28. The number of urea groups is 1. The Balaban J connectivity index is 1.55. The zero-order valence-corrected chi connectivity index (χ0v) is 16.8. The van der Waals surface area contributed by atoms with Gasteiger partial charge in [0.1, 0.15) is 23.7 Å². The Morgan fingerprint density at radius 1 is 1.09 bits per heavy atom. The zero-order chi connectivity index (χ0) is 23.5. The maximum Gasteiger partial charge on any atom is 0.422 e. The monoisotopic (exact) mass is 453 g/mol. The van der Waals surface area contributed by atoms with Crippen LogP contribution in [0.5, 0.6) is 5.75 Å². The lowest BCUT2D eigenvalue weighted by atomic mass is 9.92. The number of halogens is 4. The molecule has 2 aromatic rings. The van der Waals surface area contributed by atoms with Gasteiger partial charge in [0, 0.05) is 6.54 Å². The van der Waals surface area contributed by atoms with Crippen molar-refractivity contribution in [3.05, 3.63) is 65.5 Å². The average Bonchev–Trinajstić information content (AvgIpc) is 2.95. The maximum atomic E-state index is 13.2. The highest BCUT2D eigenvalue weighted by Gasteiger charge is 2.49. The number of benzene rings is 2. The number of nitrogens with one attached hydrogen (secondary N) is 2. The van der Waals surface area contributed by atoms with E-state index in [1.54, 1.807) is 0 Å². The van der Waals surface area contributed by atoms with Gasteiger partial charge in [-0.05, 0) is 42.3 Å². The summed E-state index contributed by atoms with van der Waals surface area (Å²) in [4.78, 5) is 38.1. The Kier molecular flexibility index (Phi) is 6.37. The van der Waals surface area contributed by atoms with Crippen LogP contribution in [0.15, 0.2) is 48.5 Å². The number of hydrogen-bond acceptors (Lipinski definition) is 4. The molecule has 4 amide bonds. The standard InChI is InChI=1S/C21H19F4N3O4/c1-20(14-4-6-15(22)7-5-14)18(30)28(19(31)27-20)11-17(29)26-10-13-2-8-16(9-3-13)32-12-21(23,24)25/h2-9H,10-12H2,1H3,(H,26,29)(H,27,31). The van der Waals surface area contributed by atoms with Gasteiger partial charge in [-0.25, -0.2) is 9.18 Å². The van der Waals surface area contributed by atoms with Crippen LogP contribution in [-0.4, -0.2) is 42.1 Å². The number of nitrogens with zero attached hydrogens (tertiary/aromatic N) is 1. The molecule has 170 valence electrons. The lowest BCUT2D eigenvalue weighted by Gasteiger charge is -2.22. The van der Waals surface area contributed by atoms with Crippen LogP contribution < -0.4 is 15.4 Å². The van der Waals surface area contributed by atoms with E-state index in [1.165, 1.54) is 43.3 Å². The fraction of sp³-hybridized carbons (Fsp3) is 0.286. The number of alkyl halides is 3. The highest BCUT2D eigenvalue weighted by molar-refractivity contribution is 6.09. The Bertz CT molecular complexity index is 1010. The molecular weight excluding hydrogens is 434 g/mol. The number of carbonyl (C=O) groups excluding carboxylic acids is 3. The summed E-state index contributed by atoms with van der Waals surface area (Å²) >= 11 is 0. The highest BCUT2D eigenvalue weighted by atomic mass is 19.4. The molecule has 0 spiro atoms. The molecular formula is C21H19F4N3O4. The normalized spacial score (nSPS) is 18.5. The van der Waals surface area contributed by atoms with Crippen LogP contribution in [0.3, 0.4) is 0 Å². The van der Waals surface area contributed by atoms with E-state index in [2.05, 4.69) is 15.4 Å². The maximum absolute atomic E-state index is 13.2. The lowest BCUT2D eigenvalue weighted by Crippen LogP contribution is -2.43. The summed E-state index contributed by atoms with van der Waals surface area (Å²) < 4.78 is 54.3. The van der Waals surface area contributed by atoms with E-state index in [9.17, 15) is 31.9 Å². The number of imide groups is 1. The molecule has 0 bridgehead atoms. The van der Waals surface area contributed by atoms with E-state index in [-0.39, 0.29) is 12.3 Å². The number of hydrogen-bond donors (Lipinski definition) is 2. The van der Waals surface area contributed by atoms with Crippen LogP contribution in [0.4, 0.5) is 22.4 Å². The molecule has 0 radical (unpaired) electrons. The lowest BCUT2D eigenvalue weighted by molar-refractivity contribution is -0.153. The number of rotatable bonds is 7. The van der Waals surface area contributed by atoms with E-state index in [4.69, 9.17) is 0 Å². The van der Waals surface area contributed by atoms with E-state index < -0.39 is 48.5 Å². The van der Waals surface area contributed by atoms with Gasteiger partial charge in [-0.1, -0.05) is 24.3 Å². The van der Waals surface area contributed by atoms with Gasteiger partial charge in [-0.2, -0.15) is 13.2 Å². The van der Waals surface area contributed by atoms with Gasteiger partial charge in [0.05, 0.1) is 0 Å². The van der Waals surface area contributed by atoms with Crippen molar-refractivity contribution in [2.45, 2.75) is 25.2 Å². The largest absolute Gasteiger partial charge is 0.484 e. The second-order valence-electron chi connectivity index (χ2n) is 7.28. The van der Waals surface area contributed by atoms with E-state index in [0.717, 1.165) is 17.0 Å². The molecule has 1 aliphatic heterocycles. The Morgan fingerprint density at radius 2 is 1.72 bits per heavy atom. The molecule has 1 heterocycles. The van der Waals surface area contributed by atoms with Gasteiger partial charge in [0.15, 0.2) is 6.61 Å². The third-order valence-electron chi connectivity index (χ3n) is 4.81. The molecule has 2 aromatic carbocycles. The first kappa shape index (κ1) is 23.0. The molecule has 1 saturated heterocycles. The third-order valence-corrected chi connectivity index (χ3v) is 4.81. The van der Waals surface area contributed by atoms with Crippen molar-refractivity contribution in [2.75, 3.05) is 13.2 Å². The van der Waals surface area contributed by atoms with Gasteiger partial charge >= 0.3 is 12.2 Å². The van der Waals surface area contributed by atoms with E-state index in [1.807, 2.05) is 0 Å². The van der Waals surface area contributed by atoms with Crippen LogP contribution in [0.2, 0.25) is 0 Å². The third kappa shape index (κ3) is 5.34. The predicted octanol–water partition coefficient (Wildman–Crippen LogP) is 2.85. The smallest absolute Gasteiger partial charge is 0.422 e. The van der Waals surface area contributed by atoms with Crippen molar-refractivity contribution >= 4 is 17.8 Å². The zero-order valence-electron chi connectivity index (χ0n) is 16.8. The Hall–Kier alpha value is -3.63. The van der Waals surface area contributed by atoms with Crippen LogP contribution >= 0.6 is 0 Å². The van der Waals surface area contributed by atoms with Crippen molar-refractivity contribution in [1.29, 1.82) is 0 Å². The van der Waals surface area contributed by atoms with E-state index >= 15 is 0 Å². The number of amides is 4. The fourth-order valence-corrected chi connectivity index (χ4v) is 3.09. The van der Waals surface area contributed by atoms with Crippen molar-refractivity contribution < 1.29 is 36.7 Å². The van der Waals surface area contributed by atoms with Gasteiger partial charge in [0.2, 0.25) is 5.91 Å². The van der Waals surface area contributed by atoms with Crippen LogP contribution in [-0.2, 0) is 21.7 Å². The fourth-order valence-electron chi connectivity index (χ4n) is 3.09. The average molecular weight is 453 g/mol. The number of carbonyl (C=O) groups is 3. The Labute approximate surface area is 180 Å². The van der Waals surface area contributed by atoms with Crippen molar-refractivity contribution in [1.82, 2.24) is 15.5 Å². The van der Waals surface area contributed by atoms with Gasteiger partial charge in [-0.15, -0.1) is 0 Å². The van der Waals surface area contributed by atoms with Crippen LogP contribution in [0, 0.1) is 5.82 Å². The Morgan fingerprint density at radius 3 is 2.31 bits per heavy atom.